The first-order chi connectivity index (χ1) is 15.5. The second-order valence-corrected chi connectivity index (χ2v) is 8.31. The van der Waals surface area contributed by atoms with Gasteiger partial charge in [0.25, 0.3) is 0 Å². The van der Waals surface area contributed by atoms with Crippen LogP contribution in [-0.2, 0) is 18.9 Å². The van der Waals surface area contributed by atoms with Gasteiger partial charge in [0.05, 0.1) is 72.5 Å². The number of anilines is 1. The Bertz CT molecular complexity index is 585. The molecule has 0 N–H and O–H groups in total. The molecule has 0 saturated heterocycles. The molecule has 6 nitrogen and oxygen atoms in total. The van der Waals surface area contributed by atoms with Crippen LogP contribution in [0.3, 0.4) is 0 Å². The van der Waals surface area contributed by atoms with Crippen LogP contribution in [-0.4, -0.2) is 96.6 Å². The second-order valence-electron chi connectivity index (χ2n) is 8.31. The lowest BCUT2D eigenvalue weighted by molar-refractivity contribution is -0.923. The van der Waals surface area contributed by atoms with E-state index < -0.39 is 0 Å². The smallest absolute Gasteiger partial charge is 0.102 e. The molecule has 186 valence electrons. The Labute approximate surface area is 197 Å². The van der Waals surface area contributed by atoms with Crippen molar-refractivity contribution in [2.45, 2.75) is 41.5 Å². The zero-order valence-electron chi connectivity index (χ0n) is 21.7. The summed E-state index contributed by atoms with van der Waals surface area (Å²) in [7, 11) is 0. The van der Waals surface area contributed by atoms with Gasteiger partial charge < -0.3 is 28.3 Å². The van der Waals surface area contributed by atoms with Gasteiger partial charge in [0.2, 0.25) is 0 Å². The third kappa shape index (κ3) is 11.1. The molecule has 0 aromatic heterocycles. The quantitative estimate of drug-likeness (QED) is 0.220. The van der Waals surface area contributed by atoms with Gasteiger partial charge >= 0.3 is 0 Å². The molecule has 0 radical (unpaired) electrons. The van der Waals surface area contributed by atoms with Crippen molar-refractivity contribution >= 4 is 5.69 Å². The third-order valence-electron chi connectivity index (χ3n) is 6.58. The van der Waals surface area contributed by atoms with Crippen molar-refractivity contribution in [1.82, 2.24) is 0 Å². The van der Waals surface area contributed by atoms with Crippen LogP contribution in [0.2, 0.25) is 0 Å². The molecule has 0 bridgehead atoms. The minimum absolute atomic E-state index is 0.592. The molecule has 0 saturated carbocycles. The average Bonchev–Trinajstić information content (AvgIpc) is 2.81. The lowest BCUT2D eigenvalue weighted by Gasteiger charge is -2.35. The molecule has 1 aromatic rings. The Morgan fingerprint density at radius 3 is 1.62 bits per heavy atom. The van der Waals surface area contributed by atoms with E-state index in [-0.39, 0.29) is 0 Å². The maximum Gasteiger partial charge on any atom is 0.102 e. The van der Waals surface area contributed by atoms with Gasteiger partial charge in [-0.25, -0.2) is 0 Å². The molecule has 0 unspecified atom stereocenters. The highest BCUT2D eigenvalue weighted by Crippen LogP contribution is 2.18. The lowest BCUT2D eigenvalue weighted by Crippen LogP contribution is -2.49. The molecular formula is C26H49N2O4+. The zero-order valence-corrected chi connectivity index (χ0v) is 21.7. The van der Waals surface area contributed by atoms with Gasteiger partial charge in [-0.05, 0) is 64.8 Å². The Morgan fingerprint density at radius 2 is 1.16 bits per heavy atom. The van der Waals surface area contributed by atoms with Gasteiger partial charge in [0.1, 0.15) is 6.54 Å². The highest BCUT2D eigenvalue weighted by Gasteiger charge is 2.19. The molecule has 0 amide bonds. The number of ether oxygens (including phenoxy) is 4. The van der Waals surface area contributed by atoms with Crippen molar-refractivity contribution < 1.29 is 23.4 Å². The van der Waals surface area contributed by atoms with Crippen molar-refractivity contribution in [2.75, 3.05) is 97.0 Å². The normalized spacial score (nSPS) is 11.8. The van der Waals surface area contributed by atoms with Gasteiger partial charge in [-0.3, -0.25) is 0 Å². The van der Waals surface area contributed by atoms with Crippen molar-refractivity contribution in [3.8, 4) is 0 Å². The molecule has 0 aliphatic carbocycles. The number of hydrogen-bond donors (Lipinski definition) is 0. The van der Waals surface area contributed by atoms with E-state index in [1.165, 1.54) is 16.8 Å². The molecule has 32 heavy (non-hydrogen) atoms. The van der Waals surface area contributed by atoms with Crippen LogP contribution in [0.4, 0.5) is 5.69 Å². The fraction of sp³-hybridized carbons (Fsp3) is 0.769. The minimum Gasteiger partial charge on any atom is -0.377 e. The third-order valence-corrected chi connectivity index (χ3v) is 6.58. The van der Waals surface area contributed by atoms with Crippen LogP contribution >= 0.6 is 0 Å². The first-order valence-corrected chi connectivity index (χ1v) is 12.5. The van der Waals surface area contributed by atoms with Crippen LogP contribution in [0.5, 0.6) is 0 Å². The van der Waals surface area contributed by atoms with Crippen LogP contribution in [0, 0.1) is 13.8 Å². The maximum absolute atomic E-state index is 5.74. The second kappa shape index (κ2) is 17.3. The van der Waals surface area contributed by atoms with E-state index in [4.69, 9.17) is 18.9 Å². The van der Waals surface area contributed by atoms with Gasteiger partial charge in [-0.15, -0.1) is 0 Å². The molecule has 0 aliphatic heterocycles. The number of hydrogen-bond acceptors (Lipinski definition) is 5. The number of aryl methyl sites for hydroxylation is 2. The van der Waals surface area contributed by atoms with Crippen LogP contribution in [0.1, 0.15) is 38.8 Å². The van der Waals surface area contributed by atoms with E-state index in [2.05, 4.69) is 64.6 Å². The van der Waals surface area contributed by atoms with Crippen molar-refractivity contribution in [3.05, 3.63) is 29.3 Å². The molecule has 6 heteroatoms. The predicted molar refractivity (Wildman–Crippen MR) is 134 cm³/mol. The Morgan fingerprint density at radius 1 is 0.656 bits per heavy atom. The first kappa shape index (κ1) is 28.9. The molecule has 1 aromatic carbocycles. The molecule has 0 heterocycles. The van der Waals surface area contributed by atoms with E-state index in [1.54, 1.807) is 0 Å². The minimum atomic E-state index is 0.592. The van der Waals surface area contributed by atoms with E-state index in [0.29, 0.717) is 46.2 Å². The topological polar surface area (TPSA) is 40.2 Å². The van der Waals surface area contributed by atoms with E-state index in [1.807, 2.05) is 0 Å². The summed E-state index contributed by atoms with van der Waals surface area (Å²) in [6.07, 6.45) is 0. The van der Waals surface area contributed by atoms with Gasteiger partial charge in [-0.1, -0.05) is 6.07 Å². The van der Waals surface area contributed by atoms with Crippen LogP contribution in [0.15, 0.2) is 18.2 Å². The van der Waals surface area contributed by atoms with E-state index in [0.717, 1.165) is 50.4 Å². The van der Waals surface area contributed by atoms with Gasteiger partial charge in [0.15, 0.2) is 0 Å². The number of rotatable bonds is 20. The van der Waals surface area contributed by atoms with Crippen LogP contribution in [0.25, 0.3) is 0 Å². The molecule has 0 atom stereocenters. The van der Waals surface area contributed by atoms with E-state index in [9.17, 15) is 0 Å². The Kier molecular flexibility index (Phi) is 15.6. The molecular weight excluding hydrogens is 404 g/mol. The summed E-state index contributed by atoms with van der Waals surface area (Å²) in [6, 6.07) is 6.63. The van der Waals surface area contributed by atoms with E-state index >= 15 is 0 Å². The van der Waals surface area contributed by atoms with Crippen molar-refractivity contribution in [3.63, 3.8) is 0 Å². The number of likely N-dealkylation sites (N-methyl/N-ethyl adjacent to an activating group) is 2. The molecule has 0 spiro atoms. The monoisotopic (exact) mass is 453 g/mol. The summed E-state index contributed by atoms with van der Waals surface area (Å²) in [5, 5.41) is 0. The van der Waals surface area contributed by atoms with Gasteiger partial charge in [0, 0.05) is 18.8 Å². The van der Waals surface area contributed by atoms with Gasteiger partial charge in [-0.2, -0.15) is 0 Å². The zero-order chi connectivity index (χ0) is 23.7. The fourth-order valence-corrected chi connectivity index (χ4v) is 3.73. The molecule has 0 aliphatic rings. The predicted octanol–water partition coefficient (Wildman–Crippen LogP) is 4.07. The maximum atomic E-state index is 5.74. The Hall–Kier alpha value is -1.18. The highest BCUT2D eigenvalue weighted by atomic mass is 16.6. The lowest BCUT2D eigenvalue weighted by atomic mass is 10.1. The summed E-state index contributed by atoms with van der Waals surface area (Å²) >= 11 is 0. The van der Waals surface area contributed by atoms with Crippen molar-refractivity contribution in [1.29, 1.82) is 0 Å². The number of quaternary nitrogens is 1. The summed E-state index contributed by atoms with van der Waals surface area (Å²) in [5.74, 6) is 0. The first-order valence-electron chi connectivity index (χ1n) is 12.5. The van der Waals surface area contributed by atoms with Crippen LogP contribution < -0.4 is 4.90 Å². The molecule has 0 fully saturated rings. The standard InChI is InChI=1S/C26H49N2O4/c1-7-27(26-12-11-24(5)25(6)23-26)13-15-29-17-19-31-21-22-32-20-18-30-16-14-28(8-2,9-3)10-4/h11-12,23H,7-10,13-22H2,1-6H3/q+1. The summed E-state index contributed by atoms with van der Waals surface area (Å²) in [6.45, 7) is 24.8. The largest absolute Gasteiger partial charge is 0.377 e. The number of benzene rings is 1. The molecule has 1 rings (SSSR count). The summed E-state index contributed by atoms with van der Waals surface area (Å²) in [5.41, 5.74) is 3.92. The van der Waals surface area contributed by atoms with Crippen molar-refractivity contribution in [2.24, 2.45) is 0 Å². The number of nitrogens with zero attached hydrogens (tertiary/aromatic N) is 2. The fourth-order valence-electron chi connectivity index (χ4n) is 3.73. The Balaban J connectivity index is 1.96. The SMILES string of the molecule is CCN(CCOCCOCCOCCOCC[N+](CC)(CC)CC)c1ccc(C)c(C)c1. The average molecular weight is 454 g/mol. The highest BCUT2D eigenvalue weighted by molar-refractivity contribution is 5.50. The summed E-state index contributed by atoms with van der Waals surface area (Å²) < 4.78 is 23.8. The summed E-state index contributed by atoms with van der Waals surface area (Å²) in [4.78, 5) is 2.34.